The molecule has 0 bridgehead atoms. The van der Waals surface area contributed by atoms with Gasteiger partial charge in [-0.3, -0.25) is 15.5 Å². The van der Waals surface area contributed by atoms with E-state index in [0.717, 1.165) is 0 Å². The Hall–Kier alpha value is -3.72. The van der Waals surface area contributed by atoms with Gasteiger partial charge < -0.3 is 4.18 Å². The number of benzene rings is 3. The molecule has 28 heavy (non-hydrogen) atoms. The van der Waals surface area contributed by atoms with Crippen LogP contribution in [0.25, 0.3) is 0 Å². The first kappa shape index (κ1) is 19.1. The average Bonchev–Trinajstić information content (AvgIpc) is 2.70. The summed E-state index contributed by atoms with van der Waals surface area (Å²) in [6.45, 7) is 0. The first-order valence-corrected chi connectivity index (χ1v) is 9.49. The molecule has 0 radical (unpaired) electrons. The van der Waals surface area contributed by atoms with Crippen LogP contribution in [-0.2, 0) is 10.1 Å². The predicted octanol–water partition coefficient (Wildman–Crippen LogP) is 3.81. The van der Waals surface area contributed by atoms with Crippen molar-refractivity contribution in [3.05, 3.63) is 94.5 Å². The number of hydrogen-bond acceptors (Lipinski definition) is 7. The molecule has 8 nitrogen and oxygen atoms in total. The number of nitro groups is 1. The van der Waals surface area contributed by atoms with Crippen LogP contribution in [0.15, 0.2) is 88.9 Å². The van der Waals surface area contributed by atoms with Crippen molar-refractivity contribution in [2.75, 3.05) is 5.43 Å². The van der Waals surface area contributed by atoms with Gasteiger partial charge in [-0.05, 0) is 36.4 Å². The highest BCUT2D eigenvalue weighted by atomic mass is 32.2. The Morgan fingerprint density at radius 1 is 0.929 bits per heavy atom. The highest BCUT2D eigenvalue weighted by molar-refractivity contribution is 7.87. The minimum absolute atomic E-state index is 0.0283. The van der Waals surface area contributed by atoms with Gasteiger partial charge in [-0.25, -0.2) is 0 Å². The number of para-hydroxylation sites is 1. The summed E-state index contributed by atoms with van der Waals surface area (Å²) < 4.78 is 30.0. The highest BCUT2D eigenvalue weighted by Gasteiger charge is 2.17. The lowest BCUT2D eigenvalue weighted by Crippen LogP contribution is -2.10. The van der Waals surface area contributed by atoms with Crippen LogP contribution in [0.1, 0.15) is 5.56 Å². The van der Waals surface area contributed by atoms with Gasteiger partial charge in [0.25, 0.3) is 5.69 Å². The molecule has 0 aliphatic rings. The summed E-state index contributed by atoms with van der Waals surface area (Å²) in [7, 11) is -3.97. The van der Waals surface area contributed by atoms with Crippen LogP contribution in [0.2, 0.25) is 0 Å². The van der Waals surface area contributed by atoms with E-state index in [9.17, 15) is 18.5 Å². The fourth-order valence-corrected chi connectivity index (χ4v) is 3.23. The molecule has 0 saturated carbocycles. The first-order valence-electron chi connectivity index (χ1n) is 8.08. The van der Waals surface area contributed by atoms with E-state index < -0.39 is 15.0 Å². The number of rotatable bonds is 7. The third kappa shape index (κ3) is 4.71. The van der Waals surface area contributed by atoms with Crippen molar-refractivity contribution in [3.63, 3.8) is 0 Å². The lowest BCUT2D eigenvalue weighted by molar-refractivity contribution is -0.384. The molecule has 0 aliphatic heterocycles. The van der Waals surface area contributed by atoms with E-state index in [0.29, 0.717) is 11.3 Å². The molecule has 3 rings (SSSR count). The maximum Gasteiger partial charge on any atom is 0.339 e. The van der Waals surface area contributed by atoms with Gasteiger partial charge in [0.1, 0.15) is 4.90 Å². The van der Waals surface area contributed by atoms with E-state index in [1.165, 1.54) is 48.7 Å². The number of nitro benzene ring substituents is 1. The van der Waals surface area contributed by atoms with Gasteiger partial charge in [-0.15, -0.1) is 0 Å². The summed E-state index contributed by atoms with van der Waals surface area (Å²) in [5.74, 6) is 0.126. The number of hydrogen-bond donors (Lipinski definition) is 1. The van der Waals surface area contributed by atoms with Crippen molar-refractivity contribution in [1.82, 2.24) is 0 Å². The number of nitrogens with zero attached hydrogens (tertiary/aromatic N) is 2. The lowest BCUT2D eigenvalue weighted by atomic mass is 10.2. The van der Waals surface area contributed by atoms with Gasteiger partial charge in [-0.1, -0.05) is 30.3 Å². The van der Waals surface area contributed by atoms with Gasteiger partial charge in [-0.2, -0.15) is 13.5 Å². The van der Waals surface area contributed by atoms with E-state index in [1.54, 1.807) is 36.4 Å². The number of nitrogens with one attached hydrogen (secondary N) is 1. The minimum Gasteiger partial charge on any atom is -0.378 e. The quantitative estimate of drug-likeness (QED) is 0.281. The van der Waals surface area contributed by atoms with E-state index in [1.807, 2.05) is 0 Å². The first-order chi connectivity index (χ1) is 13.5. The summed E-state index contributed by atoms with van der Waals surface area (Å²) in [6.07, 6.45) is 1.40. The van der Waals surface area contributed by atoms with Gasteiger partial charge in [0.2, 0.25) is 0 Å². The van der Waals surface area contributed by atoms with Gasteiger partial charge >= 0.3 is 10.1 Å². The van der Waals surface area contributed by atoms with Gasteiger partial charge in [0.15, 0.2) is 5.75 Å². The van der Waals surface area contributed by atoms with Crippen LogP contribution in [-0.4, -0.2) is 19.6 Å². The fraction of sp³-hybridized carbons (Fsp3) is 0. The monoisotopic (exact) mass is 397 g/mol. The molecule has 0 aliphatic carbocycles. The van der Waals surface area contributed by atoms with E-state index in [4.69, 9.17) is 4.18 Å². The number of non-ortho nitro benzene ring substituents is 1. The zero-order valence-corrected chi connectivity index (χ0v) is 15.2. The summed E-state index contributed by atoms with van der Waals surface area (Å²) in [6, 6.07) is 20.1. The van der Waals surface area contributed by atoms with Crippen molar-refractivity contribution >= 4 is 27.7 Å². The maximum absolute atomic E-state index is 12.4. The maximum atomic E-state index is 12.4. The molecular formula is C19H15N3O5S. The highest BCUT2D eigenvalue weighted by Crippen LogP contribution is 2.22. The van der Waals surface area contributed by atoms with Crippen LogP contribution in [0.4, 0.5) is 11.4 Å². The van der Waals surface area contributed by atoms with Gasteiger partial charge in [0, 0.05) is 17.7 Å². The molecule has 1 N–H and O–H groups in total. The molecule has 0 fully saturated rings. The predicted molar refractivity (Wildman–Crippen MR) is 105 cm³/mol. The largest absolute Gasteiger partial charge is 0.378 e. The van der Waals surface area contributed by atoms with Crippen molar-refractivity contribution in [2.45, 2.75) is 4.90 Å². The Kier molecular flexibility index (Phi) is 5.66. The Morgan fingerprint density at radius 2 is 1.57 bits per heavy atom. The smallest absolute Gasteiger partial charge is 0.339 e. The SMILES string of the molecule is O=[N+]([O-])c1ccc(N/N=C\c2ccccc2OS(=O)(=O)c2ccccc2)cc1. The Balaban J connectivity index is 1.75. The summed E-state index contributed by atoms with van der Waals surface area (Å²) >= 11 is 0. The Bertz CT molecular complexity index is 1100. The average molecular weight is 397 g/mol. The van der Waals surface area contributed by atoms with Gasteiger partial charge in [0.05, 0.1) is 16.8 Å². The molecule has 0 heterocycles. The molecular weight excluding hydrogens is 382 g/mol. The molecule has 3 aromatic carbocycles. The summed E-state index contributed by atoms with van der Waals surface area (Å²) in [5, 5.41) is 14.7. The second-order valence-corrected chi connectivity index (χ2v) is 7.11. The number of anilines is 1. The van der Waals surface area contributed by atoms with Crippen molar-refractivity contribution in [2.24, 2.45) is 5.10 Å². The Labute approximate surface area is 161 Å². The number of hydrazone groups is 1. The standard InChI is InChI=1S/C19H15N3O5S/c23-22(24)17-12-10-16(11-13-17)21-20-14-15-6-4-5-9-19(15)27-28(25,26)18-7-2-1-3-8-18/h1-14,21H/b20-14-. The second-order valence-electron chi connectivity index (χ2n) is 5.56. The summed E-state index contributed by atoms with van der Waals surface area (Å²) in [5.41, 5.74) is 3.67. The fourth-order valence-electron chi connectivity index (χ4n) is 2.25. The molecule has 142 valence electrons. The summed E-state index contributed by atoms with van der Waals surface area (Å²) in [4.78, 5) is 10.2. The van der Waals surface area contributed by atoms with E-state index in [2.05, 4.69) is 10.5 Å². The van der Waals surface area contributed by atoms with Crippen molar-refractivity contribution < 1.29 is 17.5 Å². The van der Waals surface area contributed by atoms with Crippen molar-refractivity contribution in [3.8, 4) is 5.75 Å². The van der Waals surface area contributed by atoms with E-state index in [-0.39, 0.29) is 16.3 Å². The molecule has 0 unspecified atom stereocenters. The van der Waals surface area contributed by atoms with Crippen LogP contribution in [0.5, 0.6) is 5.75 Å². The van der Waals surface area contributed by atoms with Crippen LogP contribution in [0, 0.1) is 10.1 Å². The molecule has 0 amide bonds. The Morgan fingerprint density at radius 3 is 2.25 bits per heavy atom. The minimum atomic E-state index is -3.97. The zero-order valence-electron chi connectivity index (χ0n) is 14.4. The van der Waals surface area contributed by atoms with Crippen molar-refractivity contribution in [1.29, 1.82) is 0 Å². The van der Waals surface area contributed by atoms with Crippen LogP contribution < -0.4 is 9.61 Å². The third-order valence-electron chi connectivity index (χ3n) is 3.63. The third-order valence-corrected chi connectivity index (χ3v) is 4.87. The zero-order chi connectivity index (χ0) is 20.0. The molecule has 3 aromatic rings. The second kappa shape index (κ2) is 8.31. The topological polar surface area (TPSA) is 111 Å². The molecule has 0 saturated heterocycles. The molecule has 9 heteroatoms. The van der Waals surface area contributed by atoms with E-state index >= 15 is 0 Å². The normalized spacial score (nSPS) is 11.3. The van der Waals surface area contributed by atoms with Crippen LogP contribution >= 0.6 is 0 Å². The molecule has 0 spiro atoms. The van der Waals surface area contributed by atoms with Crippen LogP contribution in [0.3, 0.4) is 0 Å². The lowest BCUT2D eigenvalue weighted by Gasteiger charge is -2.09. The molecule has 0 aromatic heterocycles. The molecule has 0 atom stereocenters.